The number of aromatic hydroxyl groups is 1. The van der Waals surface area contributed by atoms with Crippen molar-refractivity contribution in [2.75, 3.05) is 0 Å². The van der Waals surface area contributed by atoms with E-state index in [1.807, 2.05) is 6.07 Å². The van der Waals surface area contributed by atoms with Crippen LogP contribution in [0.5, 0.6) is 11.5 Å². The number of halogens is 2. The number of ether oxygens (including phenoxy) is 1. The van der Waals surface area contributed by atoms with Crippen LogP contribution in [0.4, 0.5) is 0 Å². The van der Waals surface area contributed by atoms with Gasteiger partial charge in [-0.1, -0.05) is 12.1 Å². The van der Waals surface area contributed by atoms with Gasteiger partial charge in [-0.15, -0.1) is 0 Å². The smallest absolute Gasteiger partial charge is 0.335 e. The predicted molar refractivity (Wildman–Crippen MR) is 81.2 cm³/mol. The van der Waals surface area contributed by atoms with E-state index < -0.39 is 5.97 Å². The van der Waals surface area contributed by atoms with Gasteiger partial charge in [0.15, 0.2) is 0 Å². The topological polar surface area (TPSA) is 66.8 Å². The molecule has 2 N–H and O–H groups in total. The highest BCUT2D eigenvalue weighted by molar-refractivity contribution is 9.11. The summed E-state index contributed by atoms with van der Waals surface area (Å²) < 4.78 is 6.74. The second-order valence-corrected chi connectivity index (χ2v) is 5.74. The lowest BCUT2D eigenvalue weighted by molar-refractivity contribution is 0.0696. The number of aromatic carboxylic acids is 1. The molecule has 0 amide bonds. The van der Waals surface area contributed by atoms with Gasteiger partial charge < -0.3 is 14.9 Å². The molecule has 0 bridgehead atoms. The zero-order valence-corrected chi connectivity index (χ0v) is 13.3. The molecule has 0 radical (unpaired) electrons. The molecule has 6 heteroatoms. The Kier molecular flexibility index (Phi) is 4.67. The maximum absolute atomic E-state index is 10.9. The maximum atomic E-state index is 10.9. The fraction of sp³-hybridized carbons (Fsp3) is 0.0714. The van der Waals surface area contributed by atoms with Gasteiger partial charge in [0, 0.05) is 0 Å². The van der Waals surface area contributed by atoms with Gasteiger partial charge in [-0.2, -0.15) is 0 Å². The summed E-state index contributed by atoms with van der Waals surface area (Å²) in [7, 11) is 0. The molecule has 0 aliphatic heterocycles. The molecule has 2 aromatic carbocycles. The average molecular weight is 402 g/mol. The first-order chi connectivity index (χ1) is 9.47. The third kappa shape index (κ3) is 3.52. The van der Waals surface area contributed by atoms with Crippen LogP contribution in [0.3, 0.4) is 0 Å². The molecule has 20 heavy (non-hydrogen) atoms. The molecular formula is C14H10Br2O4. The molecule has 4 nitrogen and oxygen atoms in total. The lowest BCUT2D eigenvalue weighted by Gasteiger charge is -2.11. The highest BCUT2D eigenvalue weighted by Gasteiger charge is 2.13. The molecule has 104 valence electrons. The third-order valence-corrected chi connectivity index (χ3v) is 3.72. The zero-order valence-electron chi connectivity index (χ0n) is 10.1. The van der Waals surface area contributed by atoms with Gasteiger partial charge in [0.2, 0.25) is 0 Å². The summed E-state index contributed by atoms with van der Waals surface area (Å²) in [5, 5.41) is 18.3. The maximum Gasteiger partial charge on any atom is 0.335 e. The van der Waals surface area contributed by atoms with Gasteiger partial charge in [0.25, 0.3) is 0 Å². The molecule has 0 saturated heterocycles. The van der Waals surface area contributed by atoms with Gasteiger partial charge in [-0.3, -0.25) is 0 Å². The highest BCUT2D eigenvalue weighted by atomic mass is 79.9. The van der Waals surface area contributed by atoms with Crippen molar-refractivity contribution >= 4 is 37.8 Å². The summed E-state index contributed by atoms with van der Waals surface area (Å²) in [5.74, 6) is -0.324. The standard InChI is InChI=1S/C14H10Br2O4/c15-11-5-9(14(18)19)6-12(16)13(11)20-7-8-2-1-3-10(17)4-8/h1-6,17H,7H2,(H,18,19). The minimum Gasteiger partial charge on any atom is -0.508 e. The monoisotopic (exact) mass is 400 g/mol. The number of carboxylic acids is 1. The van der Waals surface area contributed by atoms with E-state index in [9.17, 15) is 9.90 Å². The molecule has 0 aliphatic rings. The van der Waals surface area contributed by atoms with Gasteiger partial charge in [0.05, 0.1) is 14.5 Å². The van der Waals surface area contributed by atoms with Crippen LogP contribution in [0.2, 0.25) is 0 Å². The van der Waals surface area contributed by atoms with E-state index in [1.54, 1.807) is 18.2 Å². The van der Waals surface area contributed by atoms with Crippen molar-refractivity contribution in [3.63, 3.8) is 0 Å². The Morgan fingerprint density at radius 2 is 1.80 bits per heavy atom. The number of benzene rings is 2. The van der Waals surface area contributed by atoms with E-state index in [0.717, 1.165) is 5.56 Å². The molecule has 0 saturated carbocycles. The number of phenols is 1. The Labute approximate surface area is 132 Å². The van der Waals surface area contributed by atoms with Gasteiger partial charge in [-0.05, 0) is 61.7 Å². The second-order valence-electron chi connectivity index (χ2n) is 4.03. The lowest BCUT2D eigenvalue weighted by Crippen LogP contribution is -2.00. The first-order valence-corrected chi connectivity index (χ1v) is 7.19. The van der Waals surface area contributed by atoms with Crippen LogP contribution in [0.25, 0.3) is 0 Å². The summed E-state index contributed by atoms with van der Waals surface area (Å²) >= 11 is 6.57. The van der Waals surface area contributed by atoms with Gasteiger partial charge >= 0.3 is 5.97 Å². The first kappa shape index (κ1) is 14.9. The van der Waals surface area contributed by atoms with E-state index in [0.29, 0.717) is 14.7 Å². The summed E-state index contributed by atoms with van der Waals surface area (Å²) in [6, 6.07) is 9.69. The zero-order chi connectivity index (χ0) is 14.7. The Morgan fingerprint density at radius 1 is 1.15 bits per heavy atom. The number of phenolic OH excluding ortho intramolecular Hbond substituents is 1. The number of hydrogen-bond acceptors (Lipinski definition) is 3. The van der Waals surface area contributed by atoms with E-state index in [2.05, 4.69) is 31.9 Å². The van der Waals surface area contributed by atoms with Crippen molar-refractivity contribution in [2.45, 2.75) is 6.61 Å². The summed E-state index contributed by atoms with van der Waals surface area (Å²) in [6.07, 6.45) is 0. The predicted octanol–water partition coefficient (Wildman–Crippen LogP) is 4.19. The largest absolute Gasteiger partial charge is 0.508 e. The van der Waals surface area contributed by atoms with Gasteiger partial charge in [0.1, 0.15) is 18.1 Å². The molecule has 0 atom stereocenters. The number of carboxylic acid groups (broad SMARTS) is 1. The van der Waals surface area contributed by atoms with Crippen LogP contribution < -0.4 is 4.74 Å². The summed E-state index contributed by atoms with van der Waals surface area (Å²) in [6.45, 7) is 0.262. The van der Waals surface area contributed by atoms with Crippen LogP contribution in [-0.2, 0) is 6.61 Å². The van der Waals surface area contributed by atoms with Crippen LogP contribution in [0, 0.1) is 0 Å². The molecule has 0 spiro atoms. The minimum absolute atomic E-state index is 0.161. The highest BCUT2D eigenvalue weighted by Crippen LogP contribution is 2.35. The SMILES string of the molecule is O=C(O)c1cc(Br)c(OCc2cccc(O)c2)c(Br)c1. The third-order valence-electron chi connectivity index (χ3n) is 2.54. The number of carbonyl (C=O) groups is 1. The number of hydrogen-bond donors (Lipinski definition) is 2. The minimum atomic E-state index is -1.01. The molecule has 0 aromatic heterocycles. The Morgan fingerprint density at radius 3 is 2.35 bits per heavy atom. The fourth-order valence-electron chi connectivity index (χ4n) is 1.62. The van der Waals surface area contributed by atoms with Crippen molar-refractivity contribution in [3.05, 3.63) is 56.5 Å². The molecule has 0 fully saturated rings. The summed E-state index contributed by atoms with van der Waals surface area (Å²) in [5.41, 5.74) is 0.972. The van der Waals surface area contributed by atoms with Crippen LogP contribution in [0.15, 0.2) is 45.3 Å². The van der Waals surface area contributed by atoms with Gasteiger partial charge in [-0.25, -0.2) is 4.79 Å². The molecule has 2 aromatic rings. The quantitative estimate of drug-likeness (QED) is 0.805. The fourth-order valence-corrected chi connectivity index (χ4v) is 3.04. The summed E-state index contributed by atoms with van der Waals surface area (Å²) in [4.78, 5) is 10.9. The Hall–Kier alpha value is -1.53. The van der Waals surface area contributed by atoms with E-state index in [-0.39, 0.29) is 17.9 Å². The van der Waals surface area contributed by atoms with Crippen molar-refractivity contribution in [1.29, 1.82) is 0 Å². The second kappa shape index (κ2) is 6.28. The normalized spacial score (nSPS) is 10.3. The molecule has 0 aliphatic carbocycles. The molecule has 0 unspecified atom stereocenters. The average Bonchev–Trinajstić information content (AvgIpc) is 2.37. The van der Waals surface area contributed by atoms with E-state index in [1.165, 1.54) is 12.1 Å². The number of rotatable bonds is 4. The van der Waals surface area contributed by atoms with Crippen molar-refractivity contribution in [1.82, 2.24) is 0 Å². The Balaban J connectivity index is 2.20. The molecule has 2 rings (SSSR count). The van der Waals surface area contributed by atoms with Crippen molar-refractivity contribution in [2.24, 2.45) is 0 Å². The van der Waals surface area contributed by atoms with E-state index >= 15 is 0 Å². The van der Waals surface area contributed by atoms with Crippen LogP contribution >= 0.6 is 31.9 Å². The molecule has 0 heterocycles. The lowest BCUT2D eigenvalue weighted by atomic mass is 10.2. The first-order valence-electron chi connectivity index (χ1n) is 5.60. The van der Waals surface area contributed by atoms with Crippen molar-refractivity contribution < 1.29 is 19.7 Å². The van der Waals surface area contributed by atoms with E-state index in [4.69, 9.17) is 9.84 Å². The van der Waals surface area contributed by atoms with Crippen LogP contribution in [0.1, 0.15) is 15.9 Å². The van der Waals surface area contributed by atoms with Crippen LogP contribution in [-0.4, -0.2) is 16.2 Å². The van der Waals surface area contributed by atoms with Crippen molar-refractivity contribution in [3.8, 4) is 11.5 Å². The Bertz CT molecular complexity index is 632. The molecular weight excluding hydrogens is 392 g/mol.